The summed E-state index contributed by atoms with van der Waals surface area (Å²) in [6, 6.07) is 6.88. The number of rotatable bonds is 2. The summed E-state index contributed by atoms with van der Waals surface area (Å²) in [6.45, 7) is -2.93. The molecule has 1 rings (SSSR count). The van der Waals surface area contributed by atoms with Crippen LogP contribution in [0.1, 0.15) is 11.1 Å². The number of hydrogen-bond acceptors (Lipinski definition) is 0. The van der Waals surface area contributed by atoms with Crippen molar-refractivity contribution < 1.29 is 64.3 Å². The molecule has 70 valence electrons. The molecule has 0 nitrogen and oxygen atoms in total. The molecular weight excluding hydrogens is 215 g/mol. The van der Waals surface area contributed by atoms with Crippen molar-refractivity contribution in [3.63, 3.8) is 0 Å². The average molecular weight is 224 g/mol. The van der Waals surface area contributed by atoms with Crippen LogP contribution < -0.4 is 51.4 Å². The first-order valence-electron chi connectivity index (χ1n) is 3.93. The summed E-state index contributed by atoms with van der Waals surface area (Å²) in [5, 5.41) is 0. The maximum absolute atomic E-state index is 11.8. The Morgan fingerprint density at radius 1 is 1.07 bits per heavy atom. The van der Waals surface area contributed by atoms with Crippen molar-refractivity contribution in [2.24, 2.45) is 0 Å². The van der Waals surface area contributed by atoms with Crippen LogP contribution in [-0.2, 0) is 0 Å². The summed E-state index contributed by atoms with van der Waals surface area (Å²) in [4.78, 5) is 0. The van der Waals surface area contributed by atoms with Crippen molar-refractivity contribution in [3.8, 4) is 0 Å². The second-order valence-electron chi connectivity index (χ2n) is 2.90. The van der Waals surface area contributed by atoms with E-state index in [4.69, 9.17) is 0 Å². The van der Waals surface area contributed by atoms with Gasteiger partial charge in [0, 0.05) is 0 Å². The minimum Gasteiger partial charge on any atom is -0.445 e. The predicted molar refractivity (Wildman–Crippen MR) is 49.3 cm³/mol. The van der Waals surface area contributed by atoms with Crippen molar-refractivity contribution in [2.45, 2.75) is 6.92 Å². The number of hydrogen-bond donors (Lipinski definition) is 0. The Morgan fingerprint density at radius 2 is 1.57 bits per heavy atom. The maximum atomic E-state index is 11.8. The molecule has 0 aromatic heterocycles. The van der Waals surface area contributed by atoms with Crippen LogP contribution in [0.2, 0.25) is 0 Å². The van der Waals surface area contributed by atoms with E-state index >= 15 is 0 Å². The third-order valence-electron chi connectivity index (χ3n) is 1.58. The summed E-state index contributed by atoms with van der Waals surface area (Å²) in [7, 11) is 0. The van der Waals surface area contributed by atoms with Crippen LogP contribution in [0.3, 0.4) is 0 Å². The third kappa shape index (κ3) is 6.03. The molecule has 0 radical (unpaired) electrons. The molecule has 0 aliphatic carbocycles. The Kier molecular flexibility index (Phi) is 6.32. The van der Waals surface area contributed by atoms with E-state index in [-0.39, 0.29) is 51.4 Å². The monoisotopic (exact) mass is 224 g/mol. The van der Waals surface area contributed by atoms with Crippen LogP contribution in [-0.4, -0.2) is 6.98 Å². The number of benzene rings is 1. The van der Waals surface area contributed by atoms with Gasteiger partial charge in [-0.05, 0) is 12.5 Å². The van der Waals surface area contributed by atoms with Gasteiger partial charge in [-0.2, -0.15) is 0 Å². The van der Waals surface area contributed by atoms with Crippen molar-refractivity contribution in [2.75, 3.05) is 0 Å². The Labute approximate surface area is 124 Å². The van der Waals surface area contributed by atoms with E-state index in [2.05, 4.69) is 0 Å². The van der Waals surface area contributed by atoms with Gasteiger partial charge in [-0.3, -0.25) is 0 Å². The molecule has 0 spiro atoms. The zero-order valence-electron chi connectivity index (χ0n) is 8.18. The Morgan fingerprint density at radius 3 is 2.00 bits per heavy atom. The fourth-order valence-corrected chi connectivity index (χ4v) is 0.898. The van der Waals surface area contributed by atoms with E-state index in [1.54, 1.807) is 24.3 Å². The average Bonchev–Trinajstić information content (AvgIpc) is 2.02. The number of aryl methyl sites for hydroxylation is 1. The van der Waals surface area contributed by atoms with Gasteiger partial charge >= 0.3 is 58.4 Å². The van der Waals surface area contributed by atoms with Crippen molar-refractivity contribution in [3.05, 3.63) is 41.4 Å². The van der Waals surface area contributed by atoms with Gasteiger partial charge in [-0.25, -0.2) is 0 Å². The van der Waals surface area contributed by atoms with E-state index in [1.807, 2.05) is 6.92 Å². The summed E-state index contributed by atoms with van der Waals surface area (Å²) in [5.74, 6) is 0.296. The van der Waals surface area contributed by atoms with Crippen LogP contribution in [0.25, 0.3) is 6.08 Å². The van der Waals surface area contributed by atoms with Gasteiger partial charge in [0.25, 0.3) is 0 Å². The molecule has 0 unspecified atom stereocenters. The van der Waals surface area contributed by atoms with Crippen LogP contribution in [0.4, 0.5) is 12.9 Å². The van der Waals surface area contributed by atoms with Gasteiger partial charge in [0.1, 0.15) is 0 Å². The fraction of sp³-hybridized carbons (Fsp3) is 0.111. The molecular formula is C9H9BF3K. The van der Waals surface area contributed by atoms with Crippen molar-refractivity contribution in [1.29, 1.82) is 0 Å². The minimum atomic E-state index is -4.82. The molecule has 0 heterocycles. The Hall–Kier alpha value is 0.451. The van der Waals surface area contributed by atoms with Crippen LogP contribution in [0, 0.1) is 6.92 Å². The quantitative estimate of drug-likeness (QED) is 0.638. The topological polar surface area (TPSA) is 0 Å². The summed E-state index contributed by atoms with van der Waals surface area (Å²) >= 11 is 0. The first-order valence-corrected chi connectivity index (χ1v) is 3.93. The second kappa shape index (κ2) is 6.13. The first kappa shape index (κ1) is 14.5. The van der Waals surface area contributed by atoms with Gasteiger partial charge in [-0.1, -0.05) is 35.9 Å². The zero-order chi connectivity index (χ0) is 9.90. The van der Waals surface area contributed by atoms with Crippen molar-refractivity contribution in [1.82, 2.24) is 0 Å². The zero-order valence-corrected chi connectivity index (χ0v) is 11.3. The third-order valence-corrected chi connectivity index (χ3v) is 1.58. The second-order valence-corrected chi connectivity index (χ2v) is 2.90. The van der Waals surface area contributed by atoms with Crippen molar-refractivity contribution >= 4 is 13.1 Å². The standard InChI is InChI=1S/C9H9BF3.K/c1-8-2-4-9(5-3-8)6-7-10(11,12)13;/h2-7H,1H3;/q-1;+1. The molecule has 1 aromatic rings. The molecule has 0 N–H and O–H groups in total. The maximum Gasteiger partial charge on any atom is 1.00 e. The molecule has 0 amide bonds. The van der Waals surface area contributed by atoms with Crippen LogP contribution >= 0.6 is 0 Å². The van der Waals surface area contributed by atoms with Crippen LogP contribution in [0.5, 0.6) is 0 Å². The van der Waals surface area contributed by atoms with Gasteiger partial charge in [0.05, 0.1) is 0 Å². The largest absolute Gasteiger partial charge is 1.00 e. The molecule has 0 aliphatic rings. The molecule has 0 atom stereocenters. The molecule has 14 heavy (non-hydrogen) atoms. The minimum absolute atomic E-state index is 0. The molecule has 0 saturated heterocycles. The van der Waals surface area contributed by atoms with E-state index in [0.717, 1.165) is 11.6 Å². The summed E-state index contributed by atoms with van der Waals surface area (Å²) < 4.78 is 35.4. The van der Waals surface area contributed by atoms with Gasteiger partial charge < -0.3 is 12.9 Å². The summed E-state index contributed by atoms with van der Waals surface area (Å²) in [5.41, 5.74) is 1.61. The Bertz CT molecular complexity index is 303. The van der Waals surface area contributed by atoms with Gasteiger partial charge in [-0.15, -0.1) is 5.98 Å². The summed E-state index contributed by atoms with van der Waals surface area (Å²) in [6.07, 6.45) is 1.08. The molecule has 0 saturated carbocycles. The van der Waals surface area contributed by atoms with Gasteiger partial charge in [0.2, 0.25) is 0 Å². The van der Waals surface area contributed by atoms with Gasteiger partial charge in [0.15, 0.2) is 0 Å². The first-order chi connectivity index (χ1) is 5.97. The number of halogens is 3. The molecule has 1 aromatic carbocycles. The van der Waals surface area contributed by atoms with Crippen LogP contribution in [0.15, 0.2) is 30.2 Å². The molecule has 0 bridgehead atoms. The fourth-order valence-electron chi connectivity index (χ4n) is 0.898. The predicted octanol–water partition coefficient (Wildman–Crippen LogP) is 0.399. The van der Waals surface area contributed by atoms with E-state index in [0.29, 0.717) is 11.5 Å². The molecule has 5 heteroatoms. The van der Waals surface area contributed by atoms with E-state index < -0.39 is 6.98 Å². The molecule has 0 fully saturated rings. The smallest absolute Gasteiger partial charge is 0.445 e. The normalized spacial score (nSPS) is 11.4. The van der Waals surface area contributed by atoms with E-state index in [9.17, 15) is 12.9 Å². The SMILES string of the molecule is Cc1ccc(C=C[B-](F)(F)F)cc1.[K+]. The Balaban J connectivity index is 0.00000169. The molecule has 0 aliphatic heterocycles. The van der Waals surface area contributed by atoms with E-state index in [1.165, 1.54) is 0 Å².